The van der Waals surface area contributed by atoms with E-state index in [1.54, 1.807) is 7.11 Å². The summed E-state index contributed by atoms with van der Waals surface area (Å²) in [6, 6.07) is 0.156. The zero-order valence-electron chi connectivity index (χ0n) is 13.2. The van der Waals surface area contributed by atoms with E-state index in [-0.39, 0.29) is 11.9 Å². The summed E-state index contributed by atoms with van der Waals surface area (Å²) in [5.41, 5.74) is -0.444. The van der Waals surface area contributed by atoms with Gasteiger partial charge in [-0.05, 0) is 18.3 Å². The molecule has 0 aromatic carbocycles. The monoisotopic (exact) mass is 285 g/mol. The molecular weight excluding hydrogens is 258 g/mol. The minimum atomic E-state index is -0.871. The number of carboxylic acid groups (broad SMARTS) is 1. The molecule has 0 saturated heterocycles. The van der Waals surface area contributed by atoms with Crippen molar-refractivity contribution in [2.24, 2.45) is 17.3 Å². The van der Waals surface area contributed by atoms with E-state index < -0.39 is 23.2 Å². The van der Waals surface area contributed by atoms with Gasteiger partial charge in [0.25, 0.3) is 0 Å². The van der Waals surface area contributed by atoms with Crippen LogP contribution in [0.25, 0.3) is 0 Å². The van der Waals surface area contributed by atoms with Crippen molar-refractivity contribution in [1.29, 1.82) is 0 Å². The number of aliphatic carboxylic acids is 1. The topological polar surface area (TPSA) is 66.8 Å². The second-order valence-electron chi connectivity index (χ2n) is 6.11. The normalized spacial score (nSPS) is 23.7. The SMILES string of the molecule is CCC(CC)N(CCOC)C(=O)[C@H]1[C@@H](C(=O)O)C1(C)C. The van der Waals surface area contributed by atoms with Crippen LogP contribution in [-0.2, 0) is 14.3 Å². The summed E-state index contributed by atoms with van der Waals surface area (Å²) in [6.45, 7) is 8.82. The van der Waals surface area contributed by atoms with Crippen molar-refractivity contribution in [1.82, 2.24) is 4.90 Å². The first-order valence-corrected chi connectivity index (χ1v) is 7.35. The number of hydrogen-bond donors (Lipinski definition) is 1. The number of ether oxygens (including phenoxy) is 1. The molecule has 0 aromatic heterocycles. The molecule has 2 atom stereocenters. The second kappa shape index (κ2) is 6.57. The first-order chi connectivity index (χ1) is 9.32. The first-order valence-electron chi connectivity index (χ1n) is 7.35. The maximum Gasteiger partial charge on any atom is 0.307 e. The zero-order valence-corrected chi connectivity index (χ0v) is 13.2. The highest BCUT2D eigenvalue weighted by Gasteiger charge is 2.66. The summed E-state index contributed by atoms with van der Waals surface area (Å²) in [6.07, 6.45) is 1.74. The van der Waals surface area contributed by atoms with Gasteiger partial charge in [-0.25, -0.2) is 0 Å². The predicted molar refractivity (Wildman–Crippen MR) is 76.4 cm³/mol. The van der Waals surface area contributed by atoms with Gasteiger partial charge in [0.05, 0.1) is 18.4 Å². The van der Waals surface area contributed by atoms with Crippen molar-refractivity contribution >= 4 is 11.9 Å². The van der Waals surface area contributed by atoms with Crippen molar-refractivity contribution in [2.45, 2.75) is 46.6 Å². The third-order valence-corrected chi connectivity index (χ3v) is 4.56. The van der Waals surface area contributed by atoms with Gasteiger partial charge in [0.1, 0.15) is 0 Å². The van der Waals surface area contributed by atoms with Crippen LogP contribution in [0.4, 0.5) is 0 Å². The van der Waals surface area contributed by atoms with Gasteiger partial charge < -0.3 is 14.7 Å². The van der Waals surface area contributed by atoms with E-state index in [0.29, 0.717) is 13.2 Å². The molecule has 0 radical (unpaired) electrons. The van der Waals surface area contributed by atoms with E-state index in [1.165, 1.54) is 0 Å². The van der Waals surface area contributed by atoms with E-state index in [4.69, 9.17) is 4.74 Å². The van der Waals surface area contributed by atoms with Crippen LogP contribution < -0.4 is 0 Å². The van der Waals surface area contributed by atoms with Crippen molar-refractivity contribution in [2.75, 3.05) is 20.3 Å². The minimum Gasteiger partial charge on any atom is -0.481 e. The van der Waals surface area contributed by atoms with Crippen LogP contribution in [0.15, 0.2) is 0 Å². The Labute approximate surface area is 121 Å². The van der Waals surface area contributed by atoms with Crippen LogP contribution in [0.5, 0.6) is 0 Å². The molecule has 1 saturated carbocycles. The fourth-order valence-electron chi connectivity index (χ4n) is 3.13. The van der Waals surface area contributed by atoms with Crippen molar-refractivity contribution in [3.05, 3.63) is 0 Å². The molecule has 1 N–H and O–H groups in total. The van der Waals surface area contributed by atoms with Gasteiger partial charge in [0.2, 0.25) is 5.91 Å². The Kier molecular flexibility index (Phi) is 5.57. The molecule has 116 valence electrons. The number of rotatable bonds is 8. The van der Waals surface area contributed by atoms with Crippen LogP contribution in [0.2, 0.25) is 0 Å². The van der Waals surface area contributed by atoms with E-state index in [0.717, 1.165) is 12.8 Å². The highest BCUT2D eigenvalue weighted by molar-refractivity contribution is 5.91. The van der Waals surface area contributed by atoms with Gasteiger partial charge in [0.15, 0.2) is 0 Å². The Morgan fingerprint density at radius 2 is 1.80 bits per heavy atom. The van der Waals surface area contributed by atoms with Crippen LogP contribution in [0, 0.1) is 17.3 Å². The van der Waals surface area contributed by atoms with Crippen LogP contribution in [0.3, 0.4) is 0 Å². The highest BCUT2D eigenvalue weighted by Crippen LogP contribution is 2.59. The Bertz CT molecular complexity index is 363. The van der Waals surface area contributed by atoms with E-state index in [9.17, 15) is 14.7 Å². The van der Waals surface area contributed by atoms with Crippen LogP contribution >= 0.6 is 0 Å². The van der Waals surface area contributed by atoms with Crippen LogP contribution in [0.1, 0.15) is 40.5 Å². The van der Waals surface area contributed by atoms with Crippen molar-refractivity contribution < 1.29 is 19.4 Å². The lowest BCUT2D eigenvalue weighted by molar-refractivity contribution is -0.143. The molecule has 0 bridgehead atoms. The standard InChI is InChI=1S/C15H27NO4/c1-6-10(7-2)16(8-9-20-5)13(17)11-12(14(18)19)15(11,3)4/h10-12H,6-9H2,1-5H3,(H,18,19)/t11-,12+/m1/s1. The lowest BCUT2D eigenvalue weighted by Crippen LogP contribution is -2.43. The van der Waals surface area contributed by atoms with E-state index in [2.05, 4.69) is 0 Å². The molecule has 5 heteroatoms. The highest BCUT2D eigenvalue weighted by atomic mass is 16.5. The van der Waals surface area contributed by atoms with Gasteiger partial charge in [-0.1, -0.05) is 27.7 Å². The Hall–Kier alpha value is -1.10. The summed E-state index contributed by atoms with van der Waals surface area (Å²) in [7, 11) is 1.61. The summed E-state index contributed by atoms with van der Waals surface area (Å²) >= 11 is 0. The zero-order chi connectivity index (χ0) is 15.5. The Morgan fingerprint density at radius 1 is 1.25 bits per heavy atom. The molecule has 5 nitrogen and oxygen atoms in total. The molecule has 0 spiro atoms. The molecule has 1 aliphatic rings. The summed E-state index contributed by atoms with van der Waals surface area (Å²) in [5, 5.41) is 9.22. The van der Waals surface area contributed by atoms with Gasteiger partial charge >= 0.3 is 5.97 Å². The number of methoxy groups -OCH3 is 1. The summed E-state index contributed by atoms with van der Waals surface area (Å²) < 4.78 is 5.08. The third-order valence-electron chi connectivity index (χ3n) is 4.56. The van der Waals surface area contributed by atoms with Gasteiger partial charge in [0, 0.05) is 19.7 Å². The second-order valence-corrected chi connectivity index (χ2v) is 6.11. The number of nitrogens with zero attached hydrogens (tertiary/aromatic N) is 1. The largest absolute Gasteiger partial charge is 0.481 e. The molecule has 1 amide bonds. The Balaban J connectivity index is 2.86. The van der Waals surface area contributed by atoms with Gasteiger partial charge in [-0.15, -0.1) is 0 Å². The molecule has 20 heavy (non-hydrogen) atoms. The maximum absolute atomic E-state index is 12.7. The molecule has 0 unspecified atom stereocenters. The fourth-order valence-corrected chi connectivity index (χ4v) is 3.13. The first kappa shape index (κ1) is 17.0. The summed E-state index contributed by atoms with van der Waals surface area (Å²) in [4.78, 5) is 25.8. The lowest BCUT2D eigenvalue weighted by atomic mass is 10.1. The molecule has 0 aromatic rings. The van der Waals surface area contributed by atoms with E-state index >= 15 is 0 Å². The quantitative estimate of drug-likeness (QED) is 0.741. The van der Waals surface area contributed by atoms with Crippen LogP contribution in [-0.4, -0.2) is 48.2 Å². The summed E-state index contributed by atoms with van der Waals surface area (Å²) in [5.74, 6) is -1.87. The molecule has 1 fully saturated rings. The van der Waals surface area contributed by atoms with Crippen molar-refractivity contribution in [3.8, 4) is 0 Å². The molecule has 1 aliphatic carbocycles. The Morgan fingerprint density at radius 3 is 2.15 bits per heavy atom. The number of carboxylic acids is 1. The fraction of sp³-hybridized carbons (Fsp3) is 0.867. The number of hydrogen-bond acceptors (Lipinski definition) is 3. The molecule has 0 heterocycles. The lowest BCUT2D eigenvalue weighted by Gasteiger charge is -2.31. The van der Waals surface area contributed by atoms with Gasteiger partial charge in [-0.3, -0.25) is 9.59 Å². The maximum atomic E-state index is 12.7. The average Bonchev–Trinajstić information content (AvgIpc) is 2.97. The number of carbonyl (C=O) groups excluding carboxylic acids is 1. The minimum absolute atomic E-state index is 0.0341. The van der Waals surface area contributed by atoms with E-state index in [1.807, 2.05) is 32.6 Å². The third kappa shape index (κ3) is 3.14. The molecule has 0 aliphatic heterocycles. The predicted octanol–water partition coefficient (Wildman–Crippen LogP) is 2.01. The van der Waals surface area contributed by atoms with Crippen molar-refractivity contribution in [3.63, 3.8) is 0 Å². The average molecular weight is 285 g/mol. The number of amides is 1. The molecule has 1 rings (SSSR count). The number of carbonyl (C=O) groups is 2. The smallest absolute Gasteiger partial charge is 0.307 e. The molecular formula is C15H27NO4. The van der Waals surface area contributed by atoms with Gasteiger partial charge in [-0.2, -0.15) is 0 Å².